The number of fused-ring (bicyclic) bond motifs is 1. The Kier molecular flexibility index (Phi) is 2.92. The van der Waals surface area contributed by atoms with E-state index in [2.05, 4.69) is 5.73 Å². The summed E-state index contributed by atoms with van der Waals surface area (Å²) in [6.45, 7) is 0. The SMILES string of the molecule is O=S(=O)(O)C1=C=Cc2ccc(S(=O)(=O)O)cc2C1. The topological polar surface area (TPSA) is 109 Å². The van der Waals surface area contributed by atoms with E-state index in [1.807, 2.05) is 0 Å². The van der Waals surface area contributed by atoms with Crippen LogP contribution in [0.2, 0.25) is 0 Å². The molecule has 0 unspecified atom stereocenters. The van der Waals surface area contributed by atoms with Crippen LogP contribution >= 0.6 is 0 Å². The third kappa shape index (κ3) is 2.53. The zero-order chi connectivity index (χ0) is 13.6. The summed E-state index contributed by atoms with van der Waals surface area (Å²) in [7, 11) is -8.70. The number of hydrogen-bond donors (Lipinski definition) is 2. The quantitative estimate of drug-likeness (QED) is 0.617. The Bertz CT molecular complexity index is 780. The number of allylic oxidation sites excluding steroid dienone is 1. The molecule has 0 bridgehead atoms. The van der Waals surface area contributed by atoms with Crippen molar-refractivity contribution in [1.82, 2.24) is 0 Å². The molecular weight excluding hydrogens is 280 g/mol. The van der Waals surface area contributed by atoms with E-state index in [9.17, 15) is 16.8 Å². The highest BCUT2D eigenvalue weighted by atomic mass is 32.2. The molecule has 1 aliphatic carbocycles. The molecule has 0 fully saturated rings. The molecule has 2 rings (SSSR count). The summed E-state index contributed by atoms with van der Waals surface area (Å²) >= 11 is 0. The molecule has 0 aromatic heterocycles. The minimum atomic E-state index is -4.35. The molecule has 0 amide bonds. The zero-order valence-corrected chi connectivity index (χ0v) is 10.5. The van der Waals surface area contributed by atoms with Gasteiger partial charge in [0.15, 0.2) is 0 Å². The Morgan fingerprint density at radius 3 is 2.28 bits per heavy atom. The van der Waals surface area contributed by atoms with Crippen LogP contribution in [0.1, 0.15) is 11.1 Å². The minimum absolute atomic E-state index is 0.173. The average molecular weight is 288 g/mol. The van der Waals surface area contributed by atoms with Crippen LogP contribution in [0, 0.1) is 0 Å². The molecule has 0 atom stereocenters. The van der Waals surface area contributed by atoms with Gasteiger partial charge in [-0.05, 0) is 29.3 Å². The molecule has 0 saturated heterocycles. The largest absolute Gasteiger partial charge is 0.298 e. The Morgan fingerprint density at radius 1 is 1.06 bits per heavy atom. The van der Waals surface area contributed by atoms with Crippen molar-refractivity contribution >= 4 is 26.3 Å². The van der Waals surface area contributed by atoms with Crippen LogP contribution < -0.4 is 0 Å². The van der Waals surface area contributed by atoms with Crippen molar-refractivity contribution in [3.8, 4) is 0 Å². The van der Waals surface area contributed by atoms with Gasteiger partial charge in [0.05, 0.1) is 4.90 Å². The highest BCUT2D eigenvalue weighted by Gasteiger charge is 2.20. The Morgan fingerprint density at radius 2 is 1.72 bits per heavy atom. The standard InChI is InChI=1S/C10H8O6S2/c11-17(12,13)9-3-1-7-2-4-10(18(14,15)16)6-8(7)5-9/h1-3,5H,6H2,(H,11,12,13)(H,14,15,16). The van der Waals surface area contributed by atoms with Crippen LogP contribution in [0.25, 0.3) is 6.08 Å². The first-order valence-electron chi connectivity index (χ1n) is 4.71. The van der Waals surface area contributed by atoms with Gasteiger partial charge < -0.3 is 0 Å². The van der Waals surface area contributed by atoms with Crippen LogP contribution in [-0.2, 0) is 26.7 Å². The molecule has 1 aliphatic rings. The van der Waals surface area contributed by atoms with Gasteiger partial charge >= 0.3 is 0 Å². The van der Waals surface area contributed by atoms with Crippen LogP contribution in [0.4, 0.5) is 0 Å². The summed E-state index contributed by atoms with van der Waals surface area (Å²) < 4.78 is 61.6. The molecule has 0 spiro atoms. The fraction of sp³-hybridized carbons (Fsp3) is 0.100. The molecule has 0 saturated carbocycles. The Hall–Kier alpha value is -1.44. The van der Waals surface area contributed by atoms with E-state index < -0.39 is 20.2 Å². The lowest BCUT2D eigenvalue weighted by molar-refractivity contribution is 0.483. The number of benzene rings is 1. The third-order valence-corrected chi connectivity index (χ3v) is 4.20. The Balaban J connectivity index is 2.56. The summed E-state index contributed by atoms with van der Waals surface area (Å²) in [6, 6.07) is 3.78. The minimum Gasteiger partial charge on any atom is -0.282 e. The van der Waals surface area contributed by atoms with Crippen molar-refractivity contribution in [2.24, 2.45) is 0 Å². The fourth-order valence-electron chi connectivity index (χ4n) is 1.58. The van der Waals surface area contributed by atoms with Crippen LogP contribution in [0.15, 0.2) is 33.7 Å². The lowest BCUT2D eigenvalue weighted by Crippen LogP contribution is -2.08. The van der Waals surface area contributed by atoms with E-state index in [1.165, 1.54) is 18.2 Å². The molecule has 2 N–H and O–H groups in total. The molecule has 0 aliphatic heterocycles. The van der Waals surface area contributed by atoms with Gasteiger partial charge in [0.25, 0.3) is 20.2 Å². The van der Waals surface area contributed by atoms with Crippen molar-refractivity contribution in [3.05, 3.63) is 40.0 Å². The first-order chi connectivity index (χ1) is 8.18. The van der Waals surface area contributed by atoms with E-state index in [4.69, 9.17) is 9.11 Å². The highest BCUT2D eigenvalue weighted by molar-refractivity contribution is 7.89. The lowest BCUT2D eigenvalue weighted by Gasteiger charge is -2.11. The van der Waals surface area contributed by atoms with Gasteiger partial charge in [-0.3, -0.25) is 9.11 Å². The predicted octanol–water partition coefficient (Wildman–Crippen LogP) is 0.873. The maximum Gasteiger partial charge on any atom is 0.298 e. The molecule has 96 valence electrons. The maximum atomic E-state index is 11.0. The van der Waals surface area contributed by atoms with Crippen molar-refractivity contribution in [2.45, 2.75) is 11.3 Å². The smallest absolute Gasteiger partial charge is 0.282 e. The van der Waals surface area contributed by atoms with E-state index in [0.717, 1.165) is 6.07 Å². The number of rotatable bonds is 2. The van der Waals surface area contributed by atoms with Gasteiger partial charge in [-0.2, -0.15) is 16.8 Å². The van der Waals surface area contributed by atoms with Crippen LogP contribution in [-0.4, -0.2) is 25.9 Å². The first kappa shape index (κ1) is 13.0. The average Bonchev–Trinajstić information content (AvgIpc) is 2.25. The monoisotopic (exact) mass is 288 g/mol. The van der Waals surface area contributed by atoms with E-state index in [0.29, 0.717) is 11.1 Å². The molecule has 8 heteroatoms. The lowest BCUT2D eigenvalue weighted by atomic mass is 10.0. The van der Waals surface area contributed by atoms with E-state index >= 15 is 0 Å². The third-order valence-electron chi connectivity index (χ3n) is 2.46. The second-order valence-corrected chi connectivity index (χ2v) is 6.56. The van der Waals surface area contributed by atoms with E-state index in [-0.39, 0.29) is 16.2 Å². The van der Waals surface area contributed by atoms with Gasteiger partial charge in [0.2, 0.25) is 0 Å². The molecule has 0 radical (unpaired) electrons. The van der Waals surface area contributed by atoms with E-state index in [1.54, 1.807) is 0 Å². The summed E-state index contributed by atoms with van der Waals surface area (Å²) in [5.74, 6) is 0. The summed E-state index contributed by atoms with van der Waals surface area (Å²) in [5.41, 5.74) is 3.37. The number of hydrogen-bond acceptors (Lipinski definition) is 4. The molecule has 1 aromatic rings. The highest BCUT2D eigenvalue weighted by Crippen LogP contribution is 2.24. The van der Waals surface area contributed by atoms with Crippen LogP contribution in [0.3, 0.4) is 0 Å². The van der Waals surface area contributed by atoms with Gasteiger partial charge in [-0.15, -0.1) is 5.73 Å². The fourth-order valence-corrected chi connectivity index (χ4v) is 2.66. The van der Waals surface area contributed by atoms with Crippen molar-refractivity contribution in [2.75, 3.05) is 0 Å². The van der Waals surface area contributed by atoms with Gasteiger partial charge in [-0.1, -0.05) is 6.07 Å². The van der Waals surface area contributed by atoms with Crippen molar-refractivity contribution in [3.63, 3.8) is 0 Å². The molecular formula is C10H8O6S2. The molecule has 18 heavy (non-hydrogen) atoms. The van der Waals surface area contributed by atoms with Gasteiger partial charge in [0.1, 0.15) is 4.91 Å². The van der Waals surface area contributed by atoms with Gasteiger partial charge in [-0.25, -0.2) is 0 Å². The maximum absolute atomic E-state index is 11.0. The van der Waals surface area contributed by atoms with Crippen molar-refractivity contribution in [1.29, 1.82) is 0 Å². The zero-order valence-electron chi connectivity index (χ0n) is 8.86. The molecule has 0 heterocycles. The predicted molar refractivity (Wildman–Crippen MR) is 63.0 cm³/mol. The summed E-state index contributed by atoms with van der Waals surface area (Å²) in [4.78, 5) is -0.672. The molecule has 6 nitrogen and oxygen atoms in total. The van der Waals surface area contributed by atoms with Crippen molar-refractivity contribution < 1.29 is 25.9 Å². The first-order valence-corrected chi connectivity index (χ1v) is 7.59. The second-order valence-electron chi connectivity index (χ2n) is 3.70. The second kappa shape index (κ2) is 4.04. The summed E-state index contributed by atoms with van der Waals surface area (Å²) in [5, 5.41) is 0. The molecule has 1 aromatic carbocycles. The van der Waals surface area contributed by atoms with Crippen LogP contribution in [0.5, 0.6) is 0 Å². The normalized spacial score (nSPS) is 15.1. The summed E-state index contributed by atoms with van der Waals surface area (Å²) in [6.07, 6.45) is 1.16. The Labute approximate surface area is 104 Å². The van der Waals surface area contributed by atoms with Gasteiger partial charge in [0, 0.05) is 6.42 Å².